The Kier molecular flexibility index (Phi) is 3.17. The number of rotatable bonds is 3. The van der Waals surface area contributed by atoms with Gasteiger partial charge in [0.2, 0.25) is 0 Å². The van der Waals surface area contributed by atoms with Crippen molar-refractivity contribution < 1.29 is 4.79 Å². The number of carbonyl (C=O) groups is 1. The summed E-state index contributed by atoms with van der Waals surface area (Å²) in [4.78, 5) is 11.4. The molecule has 0 saturated carbocycles. The van der Waals surface area contributed by atoms with Crippen molar-refractivity contribution in [3.63, 3.8) is 0 Å². The smallest absolute Gasteiger partial charge is 0.133 e. The van der Waals surface area contributed by atoms with Crippen LogP contribution >= 0.6 is 11.8 Å². The first-order valence-electron chi connectivity index (χ1n) is 3.50. The van der Waals surface area contributed by atoms with E-state index in [2.05, 4.69) is 0 Å². The molecular formula is C9H10OS. The second-order valence-corrected chi connectivity index (χ2v) is 3.72. The van der Waals surface area contributed by atoms with E-state index in [1.54, 1.807) is 11.8 Å². The van der Waals surface area contributed by atoms with Crippen LogP contribution in [0, 0.1) is 0 Å². The van der Waals surface area contributed by atoms with Gasteiger partial charge >= 0.3 is 0 Å². The maximum atomic E-state index is 10.3. The lowest BCUT2D eigenvalue weighted by Crippen LogP contribution is -1.95. The summed E-state index contributed by atoms with van der Waals surface area (Å²) in [5.74, 6) is 0. The van der Waals surface area contributed by atoms with E-state index < -0.39 is 0 Å². The number of thioether (sulfide) groups is 1. The molecule has 1 aromatic rings. The van der Waals surface area contributed by atoms with Gasteiger partial charge in [0.25, 0.3) is 0 Å². The van der Waals surface area contributed by atoms with Crippen LogP contribution in [0.3, 0.4) is 0 Å². The number of carbonyl (C=O) groups excluding carboxylic acids is 1. The topological polar surface area (TPSA) is 17.1 Å². The van der Waals surface area contributed by atoms with Crippen LogP contribution in [0.25, 0.3) is 0 Å². The highest BCUT2D eigenvalue weighted by atomic mass is 32.2. The van der Waals surface area contributed by atoms with Crippen molar-refractivity contribution in [1.29, 1.82) is 0 Å². The van der Waals surface area contributed by atoms with Crippen molar-refractivity contribution in [2.75, 3.05) is 0 Å². The van der Waals surface area contributed by atoms with E-state index in [0.717, 1.165) is 11.2 Å². The third-order valence-corrected chi connectivity index (χ3v) is 2.28. The summed E-state index contributed by atoms with van der Waals surface area (Å²) >= 11 is 1.58. The van der Waals surface area contributed by atoms with E-state index in [1.165, 1.54) is 0 Å². The fraction of sp³-hybridized carbons (Fsp3) is 0.222. The number of hydrogen-bond donors (Lipinski definition) is 0. The standard InChI is InChI=1S/C9H10OS/c1-8(7-10)11-9-5-3-2-4-6-9/h2-8H,1H3. The van der Waals surface area contributed by atoms with Crippen molar-refractivity contribution in [2.45, 2.75) is 17.1 Å². The molecule has 1 nitrogen and oxygen atoms in total. The van der Waals surface area contributed by atoms with Crippen molar-refractivity contribution >= 4 is 18.0 Å². The molecular weight excluding hydrogens is 156 g/mol. The van der Waals surface area contributed by atoms with Crippen LogP contribution in [0.4, 0.5) is 0 Å². The highest BCUT2D eigenvalue weighted by Crippen LogP contribution is 2.20. The van der Waals surface area contributed by atoms with Crippen LogP contribution in [0.15, 0.2) is 35.2 Å². The minimum Gasteiger partial charge on any atom is -0.302 e. The van der Waals surface area contributed by atoms with E-state index in [4.69, 9.17) is 0 Å². The van der Waals surface area contributed by atoms with Gasteiger partial charge in [0.1, 0.15) is 6.29 Å². The molecule has 11 heavy (non-hydrogen) atoms. The first-order chi connectivity index (χ1) is 5.33. The average molecular weight is 166 g/mol. The summed E-state index contributed by atoms with van der Waals surface area (Å²) in [5.41, 5.74) is 0. The van der Waals surface area contributed by atoms with E-state index in [-0.39, 0.29) is 5.25 Å². The Hall–Kier alpha value is -0.760. The molecule has 0 saturated heterocycles. The molecule has 0 heterocycles. The van der Waals surface area contributed by atoms with Crippen molar-refractivity contribution in [3.05, 3.63) is 30.3 Å². The molecule has 1 rings (SSSR count). The molecule has 0 aliphatic heterocycles. The predicted octanol–water partition coefficient (Wildman–Crippen LogP) is 2.37. The quantitative estimate of drug-likeness (QED) is 0.506. The van der Waals surface area contributed by atoms with Gasteiger partial charge in [-0.2, -0.15) is 0 Å². The first-order valence-corrected chi connectivity index (χ1v) is 4.38. The largest absolute Gasteiger partial charge is 0.302 e. The van der Waals surface area contributed by atoms with Crippen LogP contribution < -0.4 is 0 Å². The second-order valence-electron chi connectivity index (χ2n) is 2.27. The zero-order valence-corrected chi connectivity index (χ0v) is 7.17. The molecule has 1 atom stereocenters. The zero-order chi connectivity index (χ0) is 8.10. The summed E-state index contributed by atoms with van der Waals surface area (Å²) in [6.45, 7) is 1.89. The average Bonchev–Trinajstić information content (AvgIpc) is 2.06. The summed E-state index contributed by atoms with van der Waals surface area (Å²) in [6, 6.07) is 9.92. The molecule has 1 unspecified atom stereocenters. The van der Waals surface area contributed by atoms with Crippen LogP contribution in [-0.2, 0) is 4.79 Å². The van der Waals surface area contributed by atoms with Crippen molar-refractivity contribution in [2.24, 2.45) is 0 Å². The normalized spacial score (nSPS) is 12.5. The molecule has 0 aliphatic rings. The van der Waals surface area contributed by atoms with E-state index in [9.17, 15) is 4.79 Å². The third kappa shape index (κ3) is 2.76. The van der Waals surface area contributed by atoms with Crippen molar-refractivity contribution in [3.8, 4) is 0 Å². The lowest BCUT2D eigenvalue weighted by Gasteiger charge is -2.01. The van der Waals surface area contributed by atoms with Crippen LogP contribution in [0.1, 0.15) is 6.92 Å². The van der Waals surface area contributed by atoms with Gasteiger partial charge in [0, 0.05) is 4.90 Å². The van der Waals surface area contributed by atoms with E-state index in [1.807, 2.05) is 37.3 Å². The van der Waals surface area contributed by atoms with E-state index >= 15 is 0 Å². The molecule has 0 spiro atoms. The Balaban J connectivity index is 2.57. The summed E-state index contributed by atoms with van der Waals surface area (Å²) < 4.78 is 0. The van der Waals surface area contributed by atoms with Crippen molar-refractivity contribution in [1.82, 2.24) is 0 Å². The van der Waals surface area contributed by atoms with Crippen LogP contribution in [0.2, 0.25) is 0 Å². The van der Waals surface area contributed by atoms with Gasteiger partial charge in [-0.3, -0.25) is 0 Å². The van der Waals surface area contributed by atoms with Gasteiger partial charge in [0.05, 0.1) is 5.25 Å². The van der Waals surface area contributed by atoms with Gasteiger partial charge in [-0.1, -0.05) is 18.2 Å². The molecule has 2 heteroatoms. The lowest BCUT2D eigenvalue weighted by atomic mass is 10.4. The van der Waals surface area contributed by atoms with Gasteiger partial charge in [-0.05, 0) is 19.1 Å². The highest BCUT2D eigenvalue weighted by molar-refractivity contribution is 8.00. The minimum atomic E-state index is 0.0531. The molecule has 0 radical (unpaired) electrons. The molecule has 0 aromatic heterocycles. The summed E-state index contributed by atoms with van der Waals surface area (Å²) in [5, 5.41) is 0.0531. The molecule has 0 bridgehead atoms. The number of benzene rings is 1. The Morgan fingerprint density at radius 3 is 2.55 bits per heavy atom. The Labute approximate surface area is 70.8 Å². The molecule has 0 aliphatic carbocycles. The van der Waals surface area contributed by atoms with Gasteiger partial charge in [0.15, 0.2) is 0 Å². The summed E-state index contributed by atoms with van der Waals surface area (Å²) in [7, 11) is 0. The first kappa shape index (κ1) is 8.34. The summed E-state index contributed by atoms with van der Waals surface area (Å²) in [6.07, 6.45) is 0.956. The number of hydrogen-bond acceptors (Lipinski definition) is 2. The fourth-order valence-corrected chi connectivity index (χ4v) is 1.54. The van der Waals surface area contributed by atoms with Gasteiger partial charge in [-0.25, -0.2) is 0 Å². The highest BCUT2D eigenvalue weighted by Gasteiger charge is 1.99. The fourth-order valence-electron chi connectivity index (χ4n) is 0.741. The number of aldehydes is 1. The Morgan fingerprint density at radius 1 is 1.36 bits per heavy atom. The SMILES string of the molecule is CC(C=O)Sc1ccccc1. The Morgan fingerprint density at radius 2 is 2.00 bits per heavy atom. The molecule has 0 fully saturated rings. The second kappa shape index (κ2) is 4.19. The molecule has 58 valence electrons. The van der Waals surface area contributed by atoms with Gasteiger partial charge in [-0.15, -0.1) is 11.8 Å². The molecule has 0 N–H and O–H groups in total. The zero-order valence-electron chi connectivity index (χ0n) is 6.36. The minimum absolute atomic E-state index is 0.0531. The monoisotopic (exact) mass is 166 g/mol. The Bertz CT molecular complexity index is 220. The van der Waals surface area contributed by atoms with E-state index in [0.29, 0.717) is 0 Å². The molecule has 0 amide bonds. The van der Waals surface area contributed by atoms with Crippen LogP contribution in [0.5, 0.6) is 0 Å². The maximum absolute atomic E-state index is 10.3. The predicted molar refractivity (Wildman–Crippen MR) is 47.8 cm³/mol. The lowest BCUT2D eigenvalue weighted by molar-refractivity contribution is -0.107. The molecule has 1 aromatic carbocycles. The van der Waals surface area contributed by atoms with Crippen LogP contribution in [-0.4, -0.2) is 11.5 Å². The third-order valence-electron chi connectivity index (χ3n) is 1.26. The van der Waals surface area contributed by atoms with Gasteiger partial charge < -0.3 is 4.79 Å². The maximum Gasteiger partial charge on any atom is 0.133 e.